The minimum absolute atomic E-state index is 0.0157. The van der Waals surface area contributed by atoms with Gasteiger partial charge in [-0.1, -0.05) is 78.7 Å². The van der Waals surface area contributed by atoms with E-state index in [1.807, 2.05) is 54.6 Å². The Labute approximate surface area is 356 Å². The van der Waals surface area contributed by atoms with Gasteiger partial charge in [0.2, 0.25) is 5.79 Å². The fourth-order valence-electron chi connectivity index (χ4n) is 9.74. The molecule has 13 heteroatoms. The summed E-state index contributed by atoms with van der Waals surface area (Å²) in [7, 11) is 1.51. The van der Waals surface area contributed by atoms with Crippen molar-refractivity contribution in [3.8, 4) is 17.2 Å². The van der Waals surface area contributed by atoms with Crippen LogP contribution in [0.25, 0.3) is 10.8 Å². The predicted octanol–water partition coefficient (Wildman–Crippen LogP) is 9.46. The van der Waals surface area contributed by atoms with Gasteiger partial charge in [0.05, 0.1) is 42.4 Å². The molecule has 13 nitrogen and oxygen atoms in total. The Morgan fingerprint density at radius 3 is 2.51 bits per heavy atom. The summed E-state index contributed by atoms with van der Waals surface area (Å²) in [4.78, 5) is 33.0. The molecule has 1 amide bonds. The van der Waals surface area contributed by atoms with E-state index in [1.54, 1.807) is 36.1 Å². The lowest BCUT2D eigenvalue weighted by atomic mass is 9.55. The van der Waals surface area contributed by atoms with E-state index < -0.39 is 28.8 Å². The molecule has 1 saturated carbocycles. The minimum atomic E-state index is -1.49. The summed E-state index contributed by atoms with van der Waals surface area (Å²) in [5.41, 5.74) is 3.23. The first-order valence-corrected chi connectivity index (χ1v) is 21.2. The van der Waals surface area contributed by atoms with Crippen LogP contribution in [0.1, 0.15) is 68.9 Å². The molecule has 2 aliphatic carbocycles. The van der Waals surface area contributed by atoms with Gasteiger partial charge in [-0.05, 0) is 90.6 Å². The third-order valence-corrected chi connectivity index (χ3v) is 12.2. The first-order chi connectivity index (χ1) is 29.8. The Bertz CT molecular complexity index is 2250. The Morgan fingerprint density at radius 1 is 1.00 bits per heavy atom. The highest BCUT2D eigenvalue weighted by Crippen LogP contribution is 2.62. The van der Waals surface area contributed by atoms with Crippen LogP contribution >= 0.6 is 0 Å². The van der Waals surface area contributed by atoms with Gasteiger partial charge in [-0.15, -0.1) is 6.58 Å². The lowest BCUT2D eigenvalue weighted by molar-refractivity contribution is -0.384. The largest absolute Gasteiger partial charge is 0.459 e. The first-order valence-electron chi connectivity index (χ1n) is 21.2. The monoisotopic (exact) mass is 833 g/mol. The molecule has 6 atom stereocenters. The highest BCUT2D eigenvalue weighted by atomic mass is 16.7. The lowest BCUT2D eigenvalue weighted by Crippen LogP contribution is -2.70. The lowest BCUT2D eigenvalue weighted by Gasteiger charge is -2.59. The van der Waals surface area contributed by atoms with Crippen LogP contribution in [0.5, 0.6) is 17.2 Å². The number of hydrogen-bond donors (Lipinski definition) is 2. The SMILES string of the molecule is C=CCO[C@@]12Oc3ccc(Oc4cccc([N+](=O)[O-])c4)cc3[C@H]3[C@H](CCCCO)[C@@H](CCCCO)C=C(C(=NOC)C[C@@H]1N(Cc1cccc4ccccc14)C(=O)OCC)[C@H]32. The number of non-ortho nitro benzene ring substituents is 1. The summed E-state index contributed by atoms with van der Waals surface area (Å²) in [5, 5.41) is 38.2. The maximum atomic E-state index is 14.5. The van der Waals surface area contributed by atoms with Crippen LogP contribution in [0.4, 0.5) is 10.5 Å². The van der Waals surface area contributed by atoms with Gasteiger partial charge in [0.1, 0.15) is 30.4 Å². The smallest absolute Gasteiger partial charge is 0.410 e. The molecule has 1 aliphatic heterocycles. The number of hydrogen-bond acceptors (Lipinski definition) is 11. The number of aliphatic hydroxyl groups is 2. The average molecular weight is 834 g/mol. The van der Waals surface area contributed by atoms with Crippen molar-refractivity contribution in [2.24, 2.45) is 22.9 Å². The summed E-state index contributed by atoms with van der Waals surface area (Å²) >= 11 is 0. The molecule has 0 spiro atoms. The van der Waals surface area contributed by atoms with Crippen LogP contribution in [-0.4, -0.2) is 77.2 Å². The number of amides is 1. The van der Waals surface area contributed by atoms with Crippen molar-refractivity contribution in [1.29, 1.82) is 0 Å². The fraction of sp³-hybridized carbons (Fsp3) is 0.417. The number of allylic oxidation sites excluding steroid dienone is 1. The summed E-state index contributed by atoms with van der Waals surface area (Å²) in [5.74, 6) is -0.998. The molecule has 2 N–H and O–H groups in total. The van der Waals surface area contributed by atoms with Crippen molar-refractivity contribution in [2.45, 2.75) is 76.2 Å². The zero-order chi connectivity index (χ0) is 42.9. The number of carbonyl (C=O) groups excluding carboxylic acids is 1. The molecule has 61 heavy (non-hydrogen) atoms. The molecule has 3 aliphatic rings. The Hall–Kier alpha value is -5.76. The molecule has 1 heterocycles. The van der Waals surface area contributed by atoms with Gasteiger partial charge >= 0.3 is 6.09 Å². The maximum absolute atomic E-state index is 14.5. The van der Waals surface area contributed by atoms with Gasteiger partial charge in [-0.25, -0.2) is 4.79 Å². The molecular weight excluding hydrogens is 779 g/mol. The maximum Gasteiger partial charge on any atom is 0.410 e. The van der Waals surface area contributed by atoms with Gasteiger partial charge in [-0.2, -0.15) is 0 Å². The molecule has 4 aromatic carbocycles. The third kappa shape index (κ3) is 9.00. The summed E-state index contributed by atoms with van der Waals surface area (Å²) < 4.78 is 26.6. The molecule has 0 radical (unpaired) electrons. The van der Waals surface area contributed by atoms with Crippen LogP contribution in [0.2, 0.25) is 0 Å². The number of fused-ring (bicyclic) bond motifs is 3. The van der Waals surface area contributed by atoms with Gasteiger partial charge in [0.25, 0.3) is 5.69 Å². The van der Waals surface area contributed by atoms with E-state index in [0.29, 0.717) is 35.8 Å². The van der Waals surface area contributed by atoms with Gasteiger partial charge in [-0.3, -0.25) is 15.0 Å². The number of carbonyl (C=O) groups is 1. The van der Waals surface area contributed by atoms with E-state index >= 15 is 0 Å². The topological polar surface area (TPSA) is 162 Å². The van der Waals surface area contributed by atoms with Crippen molar-refractivity contribution < 1.29 is 43.7 Å². The highest BCUT2D eigenvalue weighted by Gasteiger charge is 2.65. The van der Waals surface area contributed by atoms with E-state index in [9.17, 15) is 25.1 Å². The second-order valence-electron chi connectivity index (χ2n) is 15.8. The number of nitrogens with zero attached hydrogens (tertiary/aromatic N) is 3. The highest BCUT2D eigenvalue weighted by molar-refractivity contribution is 6.03. The van der Waals surface area contributed by atoms with Gasteiger partial charge in [0.15, 0.2) is 0 Å². The van der Waals surface area contributed by atoms with Crippen LogP contribution < -0.4 is 9.47 Å². The fourth-order valence-corrected chi connectivity index (χ4v) is 9.74. The van der Waals surface area contributed by atoms with Crippen molar-refractivity contribution >= 4 is 28.3 Å². The Morgan fingerprint density at radius 2 is 1.75 bits per heavy atom. The molecule has 4 aromatic rings. The molecule has 0 aromatic heterocycles. The van der Waals surface area contributed by atoms with Crippen molar-refractivity contribution in [3.05, 3.63) is 130 Å². The van der Waals surface area contributed by atoms with Crippen molar-refractivity contribution in [3.63, 3.8) is 0 Å². The second-order valence-corrected chi connectivity index (χ2v) is 15.8. The molecule has 0 saturated heterocycles. The number of oxime groups is 1. The quantitative estimate of drug-likeness (QED) is 0.0403. The molecule has 322 valence electrons. The minimum Gasteiger partial charge on any atom is -0.459 e. The number of nitro groups is 1. The van der Waals surface area contributed by atoms with Crippen LogP contribution in [0.15, 0.2) is 114 Å². The summed E-state index contributed by atoms with van der Waals surface area (Å²) in [6.07, 6.45) is 7.98. The molecule has 0 unspecified atom stereocenters. The second kappa shape index (κ2) is 19.7. The number of unbranched alkanes of at least 4 members (excludes halogenated alkanes) is 2. The normalized spacial score (nSPS) is 23.2. The zero-order valence-electron chi connectivity index (χ0n) is 34.8. The van der Waals surface area contributed by atoms with Crippen molar-refractivity contribution in [1.82, 2.24) is 4.90 Å². The molecule has 1 fully saturated rings. The van der Waals surface area contributed by atoms with E-state index in [2.05, 4.69) is 17.8 Å². The van der Waals surface area contributed by atoms with E-state index in [1.165, 1.54) is 19.2 Å². The van der Waals surface area contributed by atoms with Crippen LogP contribution in [0.3, 0.4) is 0 Å². The molecule has 7 rings (SSSR count). The van der Waals surface area contributed by atoms with Crippen LogP contribution in [0, 0.1) is 27.9 Å². The standard InChI is InChI=1S/C48H55N3O10/c1-4-26-59-48-44(50(47(54)58-5-2)31-34-17-12-16-32-14-6-7-20-38(32)34)30-42(49-57-3)40-27-33(15-8-10-24-52)39(21-9-11-25-53)45(46(40)48)41-29-37(22-23-43(41)61-48)60-36-19-13-18-35(28-36)51(55)56/h4,6-7,12-14,16-20,22-23,27-29,33,39,44-46,52-53H,1,5,8-11,15,21,24-26,30-31H2,2-3H3/t33-,39+,44-,45+,46+,48+/m0/s1. The first kappa shape index (κ1) is 43.3. The number of nitro benzene ring substituents is 1. The summed E-state index contributed by atoms with van der Waals surface area (Å²) in [6, 6.07) is 24.9. The zero-order valence-corrected chi connectivity index (χ0v) is 34.8. The Balaban J connectivity index is 1.45. The van der Waals surface area contributed by atoms with E-state index in [-0.39, 0.29) is 62.8 Å². The summed E-state index contributed by atoms with van der Waals surface area (Å²) in [6.45, 7) is 6.36. The Kier molecular flexibility index (Phi) is 14.0. The average Bonchev–Trinajstić information content (AvgIpc) is 3.27. The third-order valence-electron chi connectivity index (χ3n) is 12.2. The molecule has 0 bridgehead atoms. The molecular formula is C48H55N3O10. The number of benzene rings is 4. The van der Waals surface area contributed by atoms with Crippen molar-refractivity contribution in [2.75, 3.05) is 33.5 Å². The van der Waals surface area contributed by atoms with E-state index in [4.69, 9.17) is 23.8 Å². The number of rotatable bonds is 19. The number of aliphatic hydroxyl groups excluding tert-OH is 2. The van der Waals surface area contributed by atoms with Gasteiger partial charge in [0, 0.05) is 37.2 Å². The number of ether oxygens (including phenoxy) is 4. The van der Waals surface area contributed by atoms with Gasteiger partial charge < -0.3 is 34.0 Å². The van der Waals surface area contributed by atoms with E-state index in [0.717, 1.165) is 53.2 Å². The predicted molar refractivity (Wildman–Crippen MR) is 232 cm³/mol. The van der Waals surface area contributed by atoms with Crippen LogP contribution in [-0.2, 0) is 20.9 Å².